The van der Waals surface area contributed by atoms with E-state index in [0.717, 1.165) is 5.56 Å². The molecule has 2 aromatic carbocycles. The number of nitrogens with zero attached hydrogens (tertiary/aromatic N) is 5. The second-order valence-electron chi connectivity index (χ2n) is 11.6. The Morgan fingerprint density at radius 1 is 0.708 bits per heavy atom. The van der Waals surface area contributed by atoms with E-state index in [0.29, 0.717) is 39.3 Å². The molecular formula is C35H33N5O8. The fourth-order valence-electron chi connectivity index (χ4n) is 7.49. The van der Waals surface area contributed by atoms with Gasteiger partial charge in [0.05, 0.1) is 53.6 Å². The van der Waals surface area contributed by atoms with Crippen molar-refractivity contribution in [2.45, 2.75) is 51.4 Å². The van der Waals surface area contributed by atoms with Crippen LogP contribution >= 0.6 is 0 Å². The van der Waals surface area contributed by atoms with Gasteiger partial charge < -0.3 is 18.9 Å². The van der Waals surface area contributed by atoms with Gasteiger partial charge in [-0.1, -0.05) is 24.0 Å². The molecule has 2 fully saturated rings. The van der Waals surface area contributed by atoms with Gasteiger partial charge in [-0.2, -0.15) is 0 Å². The van der Waals surface area contributed by atoms with Crippen LogP contribution in [-0.2, 0) is 45.2 Å². The second-order valence-corrected chi connectivity index (χ2v) is 11.6. The maximum Gasteiger partial charge on any atom is 0.358 e. The Bertz CT molecular complexity index is 1920. The van der Waals surface area contributed by atoms with E-state index in [2.05, 4.69) is 16.8 Å². The minimum atomic E-state index is -2.27. The molecule has 48 heavy (non-hydrogen) atoms. The molecule has 5 heterocycles. The number of urea groups is 2. The summed E-state index contributed by atoms with van der Waals surface area (Å²) in [5, 5.41) is 0. The number of hydrogen-bond acceptors (Lipinski definition) is 9. The van der Waals surface area contributed by atoms with Crippen molar-refractivity contribution in [3.8, 4) is 23.3 Å². The lowest BCUT2D eigenvalue weighted by molar-refractivity contribution is -0.191. The highest BCUT2D eigenvalue weighted by Crippen LogP contribution is 2.58. The Morgan fingerprint density at radius 2 is 1.21 bits per heavy atom. The maximum absolute atomic E-state index is 15.0. The summed E-state index contributed by atoms with van der Waals surface area (Å²) in [6, 6.07) is 11.1. The molecule has 246 valence electrons. The van der Waals surface area contributed by atoms with E-state index < -0.39 is 35.3 Å². The van der Waals surface area contributed by atoms with Crippen LogP contribution in [0, 0.1) is 11.8 Å². The number of methoxy groups -OCH3 is 2. The fraction of sp³-hybridized carbons (Fsp3) is 0.343. The number of ether oxygens (including phenoxy) is 4. The molecule has 0 saturated carbocycles. The number of carbonyl (C=O) groups is 4. The first-order chi connectivity index (χ1) is 23.3. The molecule has 7 rings (SSSR count). The van der Waals surface area contributed by atoms with Crippen LogP contribution in [0.15, 0.2) is 54.9 Å². The van der Waals surface area contributed by atoms with Crippen LogP contribution in [0.25, 0.3) is 0 Å². The first-order valence-electron chi connectivity index (χ1n) is 15.6. The van der Waals surface area contributed by atoms with Gasteiger partial charge in [0, 0.05) is 34.6 Å². The number of benzene rings is 2. The van der Waals surface area contributed by atoms with Gasteiger partial charge in [0.25, 0.3) is 11.3 Å². The van der Waals surface area contributed by atoms with Gasteiger partial charge in [-0.15, -0.1) is 0 Å². The molecular weight excluding hydrogens is 618 g/mol. The van der Waals surface area contributed by atoms with Gasteiger partial charge in [0.2, 0.25) is 0 Å². The van der Waals surface area contributed by atoms with Gasteiger partial charge in [0.15, 0.2) is 0 Å². The van der Waals surface area contributed by atoms with Crippen LogP contribution in [0.1, 0.15) is 47.2 Å². The van der Waals surface area contributed by atoms with Crippen molar-refractivity contribution in [2.75, 3.05) is 27.4 Å². The molecule has 0 radical (unpaired) electrons. The molecule has 4 amide bonds. The first-order valence-corrected chi connectivity index (χ1v) is 15.6. The number of amides is 4. The minimum Gasteiger partial charge on any atom is -0.496 e. The van der Waals surface area contributed by atoms with Crippen molar-refractivity contribution in [1.29, 1.82) is 0 Å². The number of pyridine rings is 1. The Hall–Kier alpha value is -5.77. The van der Waals surface area contributed by atoms with Crippen LogP contribution in [0.3, 0.4) is 0 Å². The van der Waals surface area contributed by atoms with Gasteiger partial charge >= 0.3 is 24.0 Å². The van der Waals surface area contributed by atoms with E-state index in [4.69, 9.17) is 18.9 Å². The molecule has 1 aromatic heterocycles. The molecule has 4 aliphatic rings. The smallest absolute Gasteiger partial charge is 0.358 e. The zero-order valence-corrected chi connectivity index (χ0v) is 26.9. The summed E-state index contributed by atoms with van der Waals surface area (Å²) in [5.74, 6) is 5.34. The predicted octanol–water partition coefficient (Wildman–Crippen LogP) is 3.22. The third-order valence-electron chi connectivity index (χ3n) is 9.45. The van der Waals surface area contributed by atoms with E-state index in [1.165, 1.54) is 33.8 Å². The van der Waals surface area contributed by atoms with Crippen molar-refractivity contribution in [2.24, 2.45) is 0 Å². The zero-order valence-electron chi connectivity index (χ0n) is 26.9. The Kier molecular flexibility index (Phi) is 7.38. The normalized spacial score (nSPS) is 21.7. The largest absolute Gasteiger partial charge is 0.496 e. The first kappa shape index (κ1) is 30.9. The molecule has 0 N–H and O–H groups in total. The number of aromatic nitrogens is 1. The van der Waals surface area contributed by atoms with E-state index in [-0.39, 0.29) is 39.4 Å². The predicted molar refractivity (Wildman–Crippen MR) is 168 cm³/mol. The van der Waals surface area contributed by atoms with Gasteiger partial charge in [-0.3, -0.25) is 24.6 Å². The molecule has 13 nitrogen and oxygen atoms in total. The maximum atomic E-state index is 15.0. The molecule has 3 aromatic rings. The van der Waals surface area contributed by atoms with Crippen molar-refractivity contribution in [3.63, 3.8) is 0 Å². The number of rotatable bonds is 6. The number of esters is 2. The van der Waals surface area contributed by atoms with E-state index in [9.17, 15) is 14.4 Å². The quantitative estimate of drug-likeness (QED) is 0.291. The highest BCUT2D eigenvalue weighted by molar-refractivity contribution is 6.10. The lowest BCUT2D eigenvalue weighted by Gasteiger charge is -2.43. The lowest BCUT2D eigenvalue weighted by atomic mass is 9.90. The lowest BCUT2D eigenvalue weighted by Crippen LogP contribution is -2.75. The summed E-state index contributed by atoms with van der Waals surface area (Å²) >= 11 is 0. The molecule has 2 atom stereocenters. The van der Waals surface area contributed by atoms with Crippen LogP contribution in [0.2, 0.25) is 0 Å². The molecule has 13 heteroatoms. The van der Waals surface area contributed by atoms with E-state index >= 15 is 4.79 Å². The Morgan fingerprint density at radius 3 is 1.71 bits per heavy atom. The number of carbonyl (C=O) groups excluding carboxylic acids is 4. The highest BCUT2D eigenvalue weighted by Gasteiger charge is 2.87. The SMILES string of the molecule is CCOC(=O)[C@@]12N3Cc4c(OC)ccc(OC)c4CN1C(=O)N1Cc4c(C#Cc5ccncc5)cccc4CN(C3=O)[C@@]12C(=O)OCC. The van der Waals surface area contributed by atoms with Crippen molar-refractivity contribution < 1.29 is 38.1 Å². The number of hydrogen-bond donors (Lipinski definition) is 0. The van der Waals surface area contributed by atoms with Crippen LogP contribution in [-0.4, -0.2) is 87.3 Å². The fourth-order valence-corrected chi connectivity index (χ4v) is 7.49. The van der Waals surface area contributed by atoms with Gasteiger partial charge in [0.1, 0.15) is 11.5 Å². The third-order valence-corrected chi connectivity index (χ3v) is 9.45. The summed E-state index contributed by atoms with van der Waals surface area (Å²) in [5.41, 5.74) is -0.826. The monoisotopic (exact) mass is 651 g/mol. The molecule has 2 saturated heterocycles. The summed E-state index contributed by atoms with van der Waals surface area (Å²) < 4.78 is 22.8. The second kappa shape index (κ2) is 11.5. The van der Waals surface area contributed by atoms with Crippen molar-refractivity contribution >= 4 is 24.0 Å². The van der Waals surface area contributed by atoms with Crippen molar-refractivity contribution in [1.82, 2.24) is 24.6 Å². The third kappa shape index (κ3) is 3.95. The Balaban J connectivity index is 1.51. The summed E-state index contributed by atoms with van der Waals surface area (Å²) in [4.78, 5) is 68.4. The minimum absolute atomic E-state index is 0.0684. The summed E-state index contributed by atoms with van der Waals surface area (Å²) in [6.45, 7) is 2.47. The number of fused-ring (bicyclic) bond motifs is 2. The molecule has 0 aliphatic carbocycles. The van der Waals surface area contributed by atoms with Crippen LogP contribution < -0.4 is 9.47 Å². The standard InChI is InChI=1S/C35H33N5O8/c1-5-47-30(41)34-35(31(42)48-6-2)39-20-26-27(29(46-4)13-12-28(26)45-3)21-40(35)33(44)38(34)19-25-23(11-10-22-14-16-36-17-15-22)8-7-9-24(25)18-37(34)32(39)43/h7-9,12-17H,5-6,18-21H2,1-4H3/t34-,35+/m0/s1. The zero-order chi connectivity index (χ0) is 33.8. The average molecular weight is 652 g/mol. The highest BCUT2D eigenvalue weighted by atomic mass is 16.6. The van der Waals surface area contributed by atoms with E-state index in [1.54, 1.807) is 50.5 Å². The summed E-state index contributed by atoms with van der Waals surface area (Å²) in [6.07, 6.45) is 3.29. The Labute approximate surface area is 276 Å². The molecule has 0 spiro atoms. The van der Waals surface area contributed by atoms with Gasteiger partial charge in [-0.25, -0.2) is 19.2 Å². The molecule has 0 bridgehead atoms. The molecule has 4 aliphatic heterocycles. The van der Waals surface area contributed by atoms with Crippen LogP contribution in [0.5, 0.6) is 11.5 Å². The van der Waals surface area contributed by atoms with E-state index in [1.807, 2.05) is 18.2 Å². The average Bonchev–Trinajstić information content (AvgIpc) is 3.26. The van der Waals surface area contributed by atoms with Gasteiger partial charge in [-0.05, 0) is 55.3 Å². The molecule has 0 unspecified atom stereocenters. The summed E-state index contributed by atoms with van der Waals surface area (Å²) in [7, 11) is 2.99. The topological polar surface area (TPSA) is 131 Å². The van der Waals surface area contributed by atoms with Crippen molar-refractivity contribution in [3.05, 3.63) is 88.2 Å². The van der Waals surface area contributed by atoms with Crippen LogP contribution in [0.4, 0.5) is 9.59 Å².